The van der Waals surface area contributed by atoms with Gasteiger partial charge in [-0.15, -0.1) is 0 Å². The lowest BCUT2D eigenvalue weighted by atomic mass is 9.83. The van der Waals surface area contributed by atoms with E-state index in [-0.39, 0.29) is 11.5 Å². The highest BCUT2D eigenvalue weighted by atomic mass is 32.2. The van der Waals surface area contributed by atoms with Gasteiger partial charge in [-0.1, -0.05) is 24.3 Å². The van der Waals surface area contributed by atoms with Crippen LogP contribution in [0.1, 0.15) is 47.8 Å². The molecule has 1 atom stereocenters. The predicted octanol–water partition coefficient (Wildman–Crippen LogP) is 3.06. The lowest BCUT2D eigenvalue weighted by Gasteiger charge is -2.22. The predicted molar refractivity (Wildman–Crippen MR) is 93.5 cm³/mol. The van der Waals surface area contributed by atoms with E-state index in [1.54, 1.807) is 57.2 Å². The normalized spacial score (nSPS) is 17.6. The molecule has 0 bridgehead atoms. The Bertz CT molecular complexity index is 1010. The largest absolute Gasteiger partial charge is 0.425 e. The molecule has 6 heteroatoms. The van der Waals surface area contributed by atoms with E-state index in [1.165, 1.54) is 0 Å². The molecule has 0 aromatic heterocycles. The smallest absolute Gasteiger partial charge is 0.316 e. The highest BCUT2D eigenvalue weighted by molar-refractivity contribution is 7.84. The summed E-state index contributed by atoms with van der Waals surface area (Å²) in [6, 6.07) is 10.1. The molecule has 0 spiro atoms. The van der Waals surface area contributed by atoms with E-state index < -0.39 is 22.4 Å². The molecule has 2 aromatic rings. The highest BCUT2D eigenvalue weighted by Gasteiger charge is 2.38. The average molecular weight is 353 g/mol. The van der Waals surface area contributed by atoms with Crippen molar-refractivity contribution in [3.05, 3.63) is 58.7 Å². The number of ketones is 1. The van der Waals surface area contributed by atoms with E-state index in [4.69, 9.17) is 4.74 Å². The van der Waals surface area contributed by atoms with Gasteiger partial charge in [0, 0.05) is 16.7 Å². The minimum atomic E-state index is -1.52. The molecule has 1 unspecified atom stereocenters. The van der Waals surface area contributed by atoms with Crippen LogP contribution in [-0.4, -0.2) is 21.7 Å². The van der Waals surface area contributed by atoms with Gasteiger partial charge in [-0.2, -0.15) is 4.40 Å². The van der Waals surface area contributed by atoms with Crippen molar-refractivity contribution in [3.8, 4) is 5.75 Å². The van der Waals surface area contributed by atoms with Crippen molar-refractivity contribution in [1.29, 1.82) is 0 Å². The molecule has 0 saturated carbocycles. The number of carbonyl (C=O) groups is 2. The molecule has 0 N–H and O–H groups in total. The molecule has 1 heterocycles. The van der Waals surface area contributed by atoms with Crippen molar-refractivity contribution < 1.29 is 18.5 Å². The Morgan fingerprint density at radius 3 is 2.44 bits per heavy atom. The van der Waals surface area contributed by atoms with Crippen molar-refractivity contribution in [3.63, 3.8) is 0 Å². The van der Waals surface area contributed by atoms with Crippen LogP contribution in [0.15, 0.2) is 45.7 Å². The summed E-state index contributed by atoms with van der Waals surface area (Å²) in [5.74, 6) is -0.467. The second-order valence-electron chi connectivity index (χ2n) is 7.02. The minimum Gasteiger partial charge on any atom is -0.425 e. The van der Waals surface area contributed by atoms with Crippen molar-refractivity contribution >= 4 is 28.4 Å². The monoisotopic (exact) mass is 353 g/mol. The van der Waals surface area contributed by atoms with Crippen molar-refractivity contribution in [2.75, 3.05) is 0 Å². The van der Waals surface area contributed by atoms with E-state index in [1.807, 2.05) is 0 Å². The van der Waals surface area contributed by atoms with Gasteiger partial charge in [-0.25, -0.2) is 4.21 Å². The van der Waals surface area contributed by atoms with Crippen LogP contribution in [0.5, 0.6) is 5.75 Å². The Morgan fingerprint density at radius 2 is 1.72 bits per heavy atom. The number of rotatable bonds is 1. The van der Waals surface area contributed by atoms with Crippen LogP contribution in [-0.2, 0) is 15.8 Å². The summed E-state index contributed by atoms with van der Waals surface area (Å²) in [5, 5.41) is 0. The standard InChI is InChI=1S/C19H15NO4S/c1-19(2,3)18(22)24-12-8-4-6-10-14(12)17(21)11-7-5-9-13-15(11)16(10)20-25(13)23/h4-9H,1-3H3. The third kappa shape index (κ3) is 2.28. The van der Waals surface area contributed by atoms with Crippen LogP contribution >= 0.6 is 0 Å². The summed E-state index contributed by atoms with van der Waals surface area (Å²) in [6.45, 7) is 5.25. The van der Waals surface area contributed by atoms with E-state index >= 15 is 0 Å². The van der Waals surface area contributed by atoms with Crippen LogP contribution in [0, 0.1) is 5.41 Å². The zero-order valence-corrected chi connectivity index (χ0v) is 14.8. The molecule has 2 aliphatic rings. The van der Waals surface area contributed by atoms with E-state index in [2.05, 4.69) is 4.40 Å². The fourth-order valence-electron chi connectivity index (χ4n) is 2.91. The quantitative estimate of drug-likeness (QED) is 0.498. The van der Waals surface area contributed by atoms with Gasteiger partial charge < -0.3 is 4.74 Å². The van der Waals surface area contributed by atoms with Crippen LogP contribution < -0.4 is 4.74 Å². The number of hydrogen-bond acceptors (Lipinski definition) is 4. The van der Waals surface area contributed by atoms with Gasteiger partial charge in [0.1, 0.15) is 5.75 Å². The first-order valence-corrected chi connectivity index (χ1v) is 8.94. The molecule has 0 fully saturated rings. The molecule has 0 saturated heterocycles. The minimum absolute atomic E-state index is 0.207. The zero-order chi connectivity index (χ0) is 17.9. The van der Waals surface area contributed by atoms with Gasteiger partial charge >= 0.3 is 5.97 Å². The first-order chi connectivity index (χ1) is 11.8. The second-order valence-corrected chi connectivity index (χ2v) is 8.14. The van der Waals surface area contributed by atoms with E-state index in [9.17, 15) is 13.8 Å². The highest BCUT2D eigenvalue weighted by Crippen LogP contribution is 2.39. The van der Waals surface area contributed by atoms with Crippen LogP contribution in [0.2, 0.25) is 0 Å². The maximum absolute atomic E-state index is 13.0. The lowest BCUT2D eigenvalue weighted by Crippen LogP contribution is -2.28. The van der Waals surface area contributed by atoms with Gasteiger partial charge in [0.05, 0.1) is 21.6 Å². The summed E-state index contributed by atoms with van der Waals surface area (Å²) >= 11 is 0. The van der Waals surface area contributed by atoms with Gasteiger partial charge in [0.25, 0.3) is 0 Å². The van der Waals surface area contributed by atoms with Crippen molar-refractivity contribution in [2.24, 2.45) is 9.81 Å². The lowest BCUT2D eigenvalue weighted by molar-refractivity contribution is -0.143. The number of benzene rings is 2. The number of nitrogens with zero attached hydrogens (tertiary/aromatic N) is 1. The fraction of sp³-hybridized carbons (Fsp3) is 0.211. The molecular weight excluding hydrogens is 338 g/mol. The molecule has 1 aliphatic heterocycles. The summed E-state index contributed by atoms with van der Waals surface area (Å²) in [5.41, 5.74) is 1.73. The molecule has 5 nitrogen and oxygen atoms in total. The molecular formula is C19H15NO4S. The molecule has 126 valence electrons. The maximum atomic E-state index is 13.0. The summed E-state index contributed by atoms with van der Waals surface area (Å²) in [4.78, 5) is 25.9. The Balaban J connectivity index is 1.92. The van der Waals surface area contributed by atoms with Gasteiger partial charge in [-0.3, -0.25) is 9.59 Å². The third-order valence-corrected chi connectivity index (χ3v) is 5.26. The number of fused-ring (bicyclic) bond motifs is 2. The fourth-order valence-corrected chi connectivity index (χ4v) is 3.94. The SMILES string of the molecule is CC(C)(C)C(=O)Oc1cccc2c1C(=O)c1cccc3c1C2=NS3=O. The van der Waals surface area contributed by atoms with Gasteiger partial charge in [0.15, 0.2) is 16.8 Å². The molecule has 1 aliphatic carbocycles. The maximum Gasteiger partial charge on any atom is 0.316 e. The summed E-state index contributed by atoms with van der Waals surface area (Å²) in [6.07, 6.45) is 0. The zero-order valence-electron chi connectivity index (χ0n) is 14.0. The summed E-state index contributed by atoms with van der Waals surface area (Å²) in [7, 11) is -1.52. The Labute approximate surface area is 147 Å². The number of ether oxygens (including phenoxy) is 1. The number of esters is 1. The number of hydrogen-bond donors (Lipinski definition) is 0. The number of carbonyl (C=O) groups excluding carboxylic acids is 2. The second kappa shape index (κ2) is 5.20. The van der Waals surface area contributed by atoms with Crippen molar-refractivity contribution in [2.45, 2.75) is 25.7 Å². The molecule has 2 aromatic carbocycles. The molecule has 4 rings (SSSR count). The van der Waals surface area contributed by atoms with Crippen molar-refractivity contribution in [1.82, 2.24) is 0 Å². The Kier molecular flexibility index (Phi) is 3.30. The first kappa shape index (κ1) is 15.9. The third-order valence-electron chi connectivity index (χ3n) is 4.19. The van der Waals surface area contributed by atoms with Crippen LogP contribution in [0.3, 0.4) is 0 Å². The van der Waals surface area contributed by atoms with Crippen LogP contribution in [0.25, 0.3) is 0 Å². The van der Waals surface area contributed by atoms with Gasteiger partial charge in [0.2, 0.25) is 0 Å². The summed E-state index contributed by atoms with van der Waals surface area (Å²) < 4.78 is 22.0. The molecule has 0 amide bonds. The Morgan fingerprint density at radius 1 is 1.04 bits per heavy atom. The topological polar surface area (TPSA) is 72.8 Å². The van der Waals surface area contributed by atoms with Crippen LogP contribution in [0.4, 0.5) is 0 Å². The van der Waals surface area contributed by atoms with E-state index in [0.717, 1.165) is 0 Å². The molecule has 25 heavy (non-hydrogen) atoms. The molecule has 0 radical (unpaired) electrons. The Hall–Kier alpha value is -2.60. The average Bonchev–Trinajstić information content (AvgIpc) is 2.90. The first-order valence-electron chi connectivity index (χ1n) is 7.83. The van der Waals surface area contributed by atoms with Gasteiger partial charge in [-0.05, 0) is 32.9 Å². The van der Waals surface area contributed by atoms with E-state index in [0.29, 0.717) is 32.9 Å².